The number of hydrogen-bond donors (Lipinski definition) is 3. The monoisotopic (exact) mass is 775 g/mol. The van der Waals surface area contributed by atoms with E-state index in [9.17, 15) is 9.59 Å². The maximum absolute atomic E-state index is 11.2. The fraction of sp³-hybridized carbons (Fsp3) is 0.0526. The maximum Gasteiger partial charge on any atom is 0.223 e. The van der Waals surface area contributed by atoms with Gasteiger partial charge in [0.15, 0.2) is 0 Å². The normalized spacial score (nSPS) is 10.4. The molecule has 3 N–H and O–H groups in total. The summed E-state index contributed by atoms with van der Waals surface area (Å²) in [7, 11) is 0. The highest BCUT2D eigenvalue weighted by atomic mass is 79.9. The minimum absolute atomic E-state index is 0.140. The van der Waals surface area contributed by atoms with Crippen molar-refractivity contribution in [2.45, 2.75) is 13.8 Å². The maximum atomic E-state index is 11.2. The molecule has 0 atom stereocenters. The minimum atomic E-state index is -0.163. The van der Waals surface area contributed by atoms with Gasteiger partial charge in [0, 0.05) is 46.4 Å². The number of nitrogens with zero attached hydrogens (tertiary/aromatic N) is 4. The number of amides is 2. The molecule has 7 rings (SSSR count). The van der Waals surface area contributed by atoms with E-state index in [-0.39, 0.29) is 11.8 Å². The molecule has 0 unspecified atom stereocenters. The second-order valence-corrected chi connectivity index (χ2v) is 13.8. The molecule has 2 aromatic heterocycles. The van der Waals surface area contributed by atoms with Crippen molar-refractivity contribution in [1.82, 2.24) is 20.4 Å². The van der Waals surface area contributed by atoms with Gasteiger partial charge in [-0.25, -0.2) is 0 Å². The van der Waals surface area contributed by atoms with E-state index in [1.165, 1.54) is 36.5 Å². The van der Waals surface area contributed by atoms with Gasteiger partial charge in [-0.15, -0.1) is 20.4 Å². The summed E-state index contributed by atoms with van der Waals surface area (Å²) >= 11 is 6.06. The molecule has 2 amide bonds. The number of rotatable bonds is 9. The van der Waals surface area contributed by atoms with Crippen LogP contribution in [0.3, 0.4) is 0 Å². The molecule has 0 spiro atoms. The number of ether oxygens (including phenoxy) is 1. The molecular weight excluding hydrogens is 747 g/mol. The van der Waals surface area contributed by atoms with Crippen LogP contribution in [-0.2, 0) is 9.59 Å². The van der Waals surface area contributed by atoms with Gasteiger partial charge < -0.3 is 20.7 Å². The first-order valence-electron chi connectivity index (χ1n) is 15.6. The molecule has 0 saturated heterocycles. The average Bonchev–Trinajstić information content (AvgIpc) is 3.80. The Morgan fingerprint density at radius 2 is 1.06 bits per heavy atom. The molecule has 51 heavy (non-hydrogen) atoms. The second-order valence-electron chi connectivity index (χ2n) is 10.9. The first-order chi connectivity index (χ1) is 24.8. The Bertz CT molecular complexity index is 2230. The van der Waals surface area contributed by atoms with Crippen molar-refractivity contribution in [1.29, 1.82) is 0 Å². The van der Waals surface area contributed by atoms with Crippen molar-refractivity contribution in [2.75, 3.05) is 16.0 Å². The van der Waals surface area contributed by atoms with Crippen LogP contribution in [0.25, 0.3) is 32.3 Å². The molecule has 0 radical (unpaired) electrons. The van der Waals surface area contributed by atoms with E-state index in [0.717, 1.165) is 59.6 Å². The molecule has 7 aromatic rings. The number of aromatic nitrogens is 4. The van der Waals surface area contributed by atoms with Crippen LogP contribution in [0.2, 0.25) is 0 Å². The van der Waals surface area contributed by atoms with Gasteiger partial charge in [0.2, 0.25) is 22.1 Å². The molecule has 0 bridgehead atoms. The van der Waals surface area contributed by atoms with E-state index in [1.54, 1.807) is 0 Å². The Balaban J connectivity index is 0.000000234. The zero-order valence-corrected chi connectivity index (χ0v) is 30.6. The molecular formula is C38H30BrN7O3S2. The summed E-state index contributed by atoms with van der Waals surface area (Å²) in [5.74, 6) is 1.30. The van der Waals surface area contributed by atoms with Crippen molar-refractivity contribution in [3.05, 3.63) is 132 Å². The van der Waals surface area contributed by atoms with Crippen LogP contribution in [0.15, 0.2) is 132 Å². The van der Waals surface area contributed by atoms with Gasteiger partial charge in [-0.05, 0) is 72.3 Å². The fourth-order valence-electron chi connectivity index (χ4n) is 4.70. The summed E-state index contributed by atoms with van der Waals surface area (Å²) in [6, 6.07) is 41.8. The smallest absolute Gasteiger partial charge is 0.223 e. The molecule has 13 heteroatoms. The van der Waals surface area contributed by atoms with Gasteiger partial charge in [-0.3, -0.25) is 9.59 Å². The van der Waals surface area contributed by atoms with Crippen LogP contribution < -0.4 is 20.7 Å². The lowest BCUT2D eigenvalue weighted by atomic mass is 10.0. The van der Waals surface area contributed by atoms with Crippen molar-refractivity contribution in [3.63, 3.8) is 0 Å². The Labute approximate surface area is 310 Å². The second kappa shape index (κ2) is 16.8. The third-order valence-electron chi connectivity index (χ3n) is 6.99. The molecule has 0 fully saturated rings. The minimum Gasteiger partial charge on any atom is -0.457 e. The van der Waals surface area contributed by atoms with E-state index in [1.807, 2.05) is 103 Å². The van der Waals surface area contributed by atoms with Crippen molar-refractivity contribution in [3.8, 4) is 43.8 Å². The van der Waals surface area contributed by atoms with Gasteiger partial charge in [0.1, 0.15) is 21.5 Å². The average molecular weight is 777 g/mol. The highest BCUT2D eigenvalue weighted by molar-refractivity contribution is 9.10. The van der Waals surface area contributed by atoms with Gasteiger partial charge >= 0.3 is 0 Å². The third kappa shape index (κ3) is 9.91. The summed E-state index contributed by atoms with van der Waals surface area (Å²) in [6.45, 7) is 2.90. The number of nitrogens with one attached hydrogen (secondary N) is 3. The summed E-state index contributed by atoms with van der Waals surface area (Å²) < 4.78 is 6.93. The number of para-hydroxylation sites is 2. The molecule has 254 valence electrons. The van der Waals surface area contributed by atoms with Crippen molar-refractivity contribution < 1.29 is 14.3 Å². The fourth-order valence-corrected chi connectivity index (χ4v) is 6.55. The first-order valence-corrected chi connectivity index (χ1v) is 18.0. The summed E-state index contributed by atoms with van der Waals surface area (Å²) in [5, 5.41) is 27.4. The van der Waals surface area contributed by atoms with Gasteiger partial charge in [-0.1, -0.05) is 99.3 Å². The van der Waals surface area contributed by atoms with Crippen molar-refractivity contribution >= 4 is 72.1 Å². The van der Waals surface area contributed by atoms with Crippen LogP contribution in [0, 0.1) is 0 Å². The Morgan fingerprint density at radius 1 is 0.569 bits per heavy atom. The number of hydrogen-bond acceptors (Lipinski definition) is 10. The van der Waals surface area contributed by atoms with E-state index in [4.69, 9.17) is 4.74 Å². The molecule has 0 aliphatic heterocycles. The van der Waals surface area contributed by atoms with Crippen LogP contribution in [0.4, 0.5) is 21.6 Å². The van der Waals surface area contributed by atoms with Crippen LogP contribution in [0.5, 0.6) is 11.5 Å². The topological polar surface area (TPSA) is 131 Å². The zero-order valence-electron chi connectivity index (χ0n) is 27.3. The molecule has 5 aromatic carbocycles. The van der Waals surface area contributed by atoms with E-state index < -0.39 is 0 Å². The highest BCUT2D eigenvalue weighted by Gasteiger charge is 2.10. The zero-order chi connectivity index (χ0) is 35.6. The number of carbonyl (C=O) groups is 2. The van der Waals surface area contributed by atoms with Crippen LogP contribution >= 0.6 is 38.6 Å². The molecule has 0 saturated carbocycles. The molecule has 0 aliphatic rings. The summed E-state index contributed by atoms with van der Waals surface area (Å²) in [4.78, 5) is 22.0. The lowest BCUT2D eigenvalue weighted by Gasteiger charge is -2.13. The Kier molecular flexibility index (Phi) is 11.5. The van der Waals surface area contributed by atoms with E-state index in [2.05, 4.69) is 76.5 Å². The number of benzene rings is 5. The van der Waals surface area contributed by atoms with Gasteiger partial charge in [0.25, 0.3) is 0 Å². The van der Waals surface area contributed by atoms with Gasteiger partial charge in [0.05, 0.1) is 0 Å². The Morgan fingerprint density at radius 3 is 1.63 bits per heavy atom. The lowest BCUT2D eigenvalue weighted by Crippen LogP contribution is -2.04. The largest absolute Gasteiger partial charge is 0.457 e. The number of halogens is 1. The standard InChI is InChI=1S/C28H22N4O2S.C10H8BrN3OS/c1-19(33)29-28-32-31-27(35-28)21-11-15-22(16-12-21)30-26-10-6-5-9-25(26)20-13-17-24(18-14-20)34-23-7-3-2-4-8-23;1-6(15)12-10-14-13-9(16-10)7-2-4-8(11)5-3-7/h2-18,30H,1H3,(H,29,32,33);2-5H,1H3,(H,12,14,15). The quantitative estimate of drug-likeness (QED) is 0.132. The van der Waals surface area contributed by atoms with Gasteiger partial charge in [-0.2, -0.15) is 0 Å². The molecule has 10 nitrogen and oxygen atoms in total. The summed E-state index contributed by atoms with van der Waals surface area (Å²) in [5.41, 5.74) is 6.05. The van der Waals surface area contributed by atoms with Crippen LogP contribution in [0.1, 0.15) is 13.8 Å². The SMILES string of the molecule is CC(=O)Nc1nnc(-c2ccc(Br)cc2)s1.CC(=O)Nc1nnc(-c2ccc(Nc3ccccc3-c3ccc(Oc4ccccc4)cc3)cc2)s1. The van der Waals surface area contributed by atoms with E-state index in [0.29, 0.717) is 10.3 Å². The summed E-state index contributed by atoms with van der Waals surface area (Å²) in [6.07, 6.45) is 0. The highest BCUT2D eigenvalue weighted by Crippen LogP contribution is 2.34. The molecule has 2 heterocycles. The lowest BCUT2D eigenvalue weighted by molar-refractivity contribution is -0.115. The molecule has 0 aliphatic carbocycles. The predicted molar refractivity (Wildman–Crippen MR) is 209 cm³/mol. The first kappa shape index (κ1) is 35.1. The number of carbonyl (C=O) groups excluding carboxylic acids is 2. The number of anilines is 4. The van der Waals surface area contributed by atoms with E-state index >= 15 is 0 Å². The Hall–Kier alpha value is -5.76. The predicted octanol–water partition coefficient (Wildman–Crippen LogP) is 10.3. The van der Waals surface area contributed by atoms with Crippen LogP contribution in [-0.4, -0.2) is 32.2 Å². The van der Waals surface area contributed by atoms with Crippen molar-refractivity contribution in [2.24, 2.45) is 0 Å². The third-order valence-corrected chi connectivity index (χ3v) is 9.29.